The molecule has 4 nitrogen and oxygen atoms in total. The van der Waals surface area contributed by atoms with Crippen LogP contribution in [0.3, 0.4) is 0 Å². The number of hydrogen-bond donors (Lipinski definition) is 0. The van der Waals surface area contributed by atoms with Gasteiger partial charge in [0.05, 0.1) is 20.6 Å². The van der Waals surface area contributed by atoms with Gasteiger partial charge in [0.2, 0.25) is 0 Å². The number of rotatable bonds is 2. The van der Waals surface area contributed by atoms with Crippen LogP contribution in [0.2, 0.25) is 0 Å². The van der Waals surface area contributed by atoms with Crippen molar-refractivity contribution in [1.82, 2.24) is 0 Å². The van der Waals surface area contributed by atoms with Crippen LogP contribution in [0.5, 0.6) is 0 Å². The van der Waals surface area contributed by atoms with Gasteiger partial charge in [0.15, 0.2) is 0 Å². The van der Waals surface area contributed by atoms with Crippen molar-refractivity contribution in [3.05, 3.63) is 0 Å². The monoisotopic (exact) mass is 222 g/mol. The van der Waals surface area contributed by atoms with Crippen molar-refractivity contribution < 1.29 is 19.1 Å². The first kappa shape index (κ1) is 13.6. The van der Waals surface area contributed by atoms with E-state index in [9.17, 15) is 9.59 Å². The molecule has 0 spiro atoms. The van der Waals surface area contributed by atoms with Crippen molar-refractivity contribution in [2.24, 2.45) is 0 Å². The summed E-state index contributed by atoms with van der Waals surface area (Å²) in [5.74, 6) is 13.3. The summed E-state index contributed by atoms with van der Waals surface area (Å²) in [6, 6.07) is 0. The zero-order valence-electron chi connectivity index (χ0n) is 9.05. The van der Waals surface area contributed by atoms with E-state index in [1.165, 1.54) is 14.2 Å². The fourth-order valence-electron chi connectivity index (χ4n) is 0.569. The summed E-state index contributed by atoms with van der Waals surface area (Å²) in [7, 11) is 2.55. The van der Waals surface area contributed by atoms with Crippen LogP contribution in [0, 0.1) is 35.5 Å². The van der Waals surface area contributed by atoms with Gasteiger partial charge >= 0.3 is 11.9 Å². The van der Waals surface area contributed by atoms with E-state index in [0.29, 0.717) is 6.42 Å². The summed E-state index contributed by atoms with van der Waals surface area (Å²) < 4.78 is 8.68. The lowest BCUT2D eigenvalue weighted by molar-refractivity contribution is -0.140. The van der Waals surface area contributed by atoms with Gasteiger partial charge in [0.1, 0.15) is 0 Å². The van der Waals surface area contributed by atoms with Crippen molar-refractivity contribution in [3.8, 4) is 35.5 Å². The fourth-order valence-corrected chi connectivity index (χ4v) is 0.569. The molecule has 0 rings (SSSR count). The van der Waals surface area contributed by atoms with Crippen molar-refractivity contribution in [2.75, 3.05) is 14.2 Å². The Morgan fingerprint density at radius 2 is 1.69 bits per heavy atom. The van der Waals surface area contributed by atoms with Gasteiger partial charge in [-0.3, -0.25) is 4.79 Å². The molecule has 0 aliphatic heterocycles. The highest BCUT2D eigenvalue weighted by Crippen LogP contribution is 1.88. The molecule has 0 radical (unpaired) electrons. The molecular weight excluding hydrogens is 212 g/mol. The molecule has 0 saturated heterocycles. The average Bonchev–Trinajstić information content (AvgIpc) is 2.31. The maximum Gasteiger partial charge on any atom is 0.385 e. The smallest absolute Gasteiger partial charge is 0.385 e. The number of carbonyl (C=O) groups is 2. The van der Waals surface area contributed by atoms with Gasteiger partial charge in [-0.25, -0.2) is 4.79 Å². The Labute approximate surface area is 94.3 Å². The molecule has 0 aliphatic rings. The molecule has 0 bridgehead atoms. The van der Waals surface area contributed by atoms with Crippen LogP contribution in [0.25, 0.3) is 0 Å². The van der Waals surface area contributed by atoms with Gasteiger partial charge in [-0.1, -0.05) is 5.92 Å². The van der Waals surface area contributed by atoms with Gasteiger partial charge in [-0.2, -0.15) is 0 Å². The molecule has 0 N–H and O–H groups in total. The number of carbonyl (C=O) groups excluding carboxylic acids is 2. The third kappa shape index (κ3) is 8.23. The topological polar surface area (TPSA) is 52.6 Å². The van der Waals surface area contributed by atoms with Crippen molar-refractivity contribution in [1.29, 1.82) is 0 Å². The first-order valence-corrected chi connectivity index (χ1v) is 4.34. The maximum absolute atomic E-state index is 10.7. The van der Waals surface area contributed by atoms with Crippen LogP contribution >= 0.6 is 0 Å². The summed E-state index contributed by atoms with van der Waals surface area (Å²) in [6.45, 7) is 0. The largest absolute Gasteiger partial charge is 0.469 e. The van der Waals surface area contributed by atoms with Gasteiger partial charge < -0.3 is 9.47 Å². The van der Waals surface area contributed by atoms with Crippen LogP contribution in [-0.4, -0.2) is 26.2 Å². The quantitative estimate of drug-likeness (QED) is 0.378. The van der Waals surface area contributed by atoms with Gasteiger partial charge in [0.25, 0.3) is 0 Å². The molecule has 0 heterocycles. The Morgan fingerprint density at radius 1 is 1.00 bits per heavy atom. The summed E-state index contributed by atoms with van der Waals surface area (Å²) in [6.07, 6.45) is 0.616. The van der Waals surface area contributed by atoms with Crippen LogP contribution in [0.1, 0.15) is 12.8 Å². The number of ether oxygens (including phenoxy) is 2. The van der Waals surface area contributed by atoms with Gasteiger partial charge in [0, 0.05) is 12.3 Å². The van der Waals surface area contributed by atoms with E-state index in [1.807, 2.05) is 0 Å². The molecule has 0 unspecified atom stereocenters. The third-order valence-corrected chi connectivity index (χ3v) is 1.31. The SMILES string of the molecule is [14CH3]OC(=O)C#CC#CC#CCCC(=O)O[14CH3]. The number of hydrogen-bond acceptors (Lipinski definition) is 4. The Morgan fingerprint density at radius 3 is 2.31 bits per heavy atom. The molecule has 0 atom stereocenters. The molecule has 16 heavy (non-hydrogen) atoms. The van der Waals surface area contributed by atoms with Crippen molar-refractivity contribution >= 4 is 11.9 Å². The predicted octanol–water partition coefficient (Wildman–Crippen LogP) is 0.123. The van der Waals surface area contributed by atoms with Crippen LogP contribution < -0.4 is 0 Å². The molecular formula is C12H10O4. The maximum atomic E-state index is 10.7. The third-order valence-electron chi connectivity index (χ3n) is 1.31. The van der Waals surface area contributed by atoms with Crippen LogP contribution in [-0.2, 0) is 19.1 Å². The first-order chi connectivity index (χ1) is 7.70. The lowest BCUT2D eigenvalue weighted by atomic mass is 10.3. The molecule has 0 saturated carbocycles. The van der Waals surface area contributed by atoms with Crippen LogP contribution in [0.15, 0.2) is 0 Å². The van der Waals surface area contributed by atoms with Gasteiger partial charge in [-0.05, 0) is 23.7 Å². The minimum atomic E-state index is -0.645. The van der Waals surface area contributed by atoms with Crippen molar-refractivity contribution in [2.45, 2.75) is 12.8 Å². The summed E-state index contributed by atoms with van der Waals surface area (Å²) in [4.78, 5) is 21.2. The van der Waals surface area contributed by atoms with Crippen LogP contribution in [0.4, 0.5) is 0 Å². The highest BCUT2D eigenvalue weighted by Gasteiger charge is 1.94. The Hall–Kier alpha value is -2.38. The standard InChI is InChI=1S/C12H10O4/c1-15-11(13)9-7-5-3-4-6-8-10-12(14)16-2/h7,9H2,1-2H3/i1+2,2+2. The van der Waals surface area contributed by atoms with E-state index >= 15 is 0 Å². The zero-order valence-corrected chi connectivity index (χ0v) is 9.05. The summed E-state index contributed by atoms with van der Waals surface area (Å²) >= 11 is 0. The second-order valence-electron chi connectivity index (χ2n) is 2.37. The molecule has 0 aromatic heterocycles. The van der Waals surface area contributed by atoms with E-state index < -0.39 is 5.97 Å². The minimum Gasteiger partial charge on any atom is -0.469 e. The predicted molar refractivity (Wildman–Crippen MR) is 56.6 cm³/mol. The van der Waals surface area contributed by atoms with E-state index in [2.05, 4.69) is 45.0 Å². The molecule has 4 heteroatoms. The lowest BCUT2D eigenvalue weighted by Gasteiger charge is -1.91. The minimum absolute atomic E-state index is 0.235. The summed E-state index contributed by atoms with van der Waals surface area (Å²) in [5, 5.41) is 0. The highest BCUT2D eigenvalue weighted by molar-refractivity contribution is 5.88. The molecule has 0 aromatic rings. The molecule has 82 valence electrons. The van der Waals surface area contributed by atoms with E-state index in [-0.39, 0.29) is 12.4 Å². The molecule has 0 aromatic carbocycles. The van der Waals surface area contributed by atoms with Crippen molar-refractivity contribution in [3.63, 3.8) is 0 Å². The average molecular weight is 222 g/mol. The zero-order chi connectivity index (χ0) is 12.2. The Kier molecular flexibility index (Phi) is 7.82. The van der Waals surface area contributed by atoms with E-state index in [0.717, 1.165) is 0 Å². The number of methoxy groups -OCH3 is 2. The molecule has 0 fully saturated rings. The second kappa shape index (κ2) is 9.19. The Bertz CT molecular complexity index is 429. The number of esters is 2. The van der Waals surface area contributed by atoms with E-state index in [4.69, 9.17) is 0 Å². The molecule has 0 amide bonds. The lowest BCUT2D eigenvalue weighted by Crippen LogP contribution is -1.97. The highest BCUT2D eigenvalue weighted by atomic mass is 16.7. The fraction of sp³-hybridized carbons (Fsp3) is 0.333. The van der Waals surface area contributed by atoms with Gasteiger partial charge in [-0.15, -0.1) is 0 Å². The normalized spacial score (nSPS) is 6.88. The summed E-state index contributed by atoms with van der Waals surface area (Å²) in [5.41, 5.74) is 0. The first-order valence-electron chi connectivity index (χ1n) is 4.34. The van der Waals surface area contributed by atoms with E-state index in [1.54, 1.807) is 0 Å². The molecule has 0 aliphatic carbocycles. The Balaban J connectivity index is 3.91. The second-order valence-corrected chi connectivity index (χ2v) is 2.37.